The number of nitrogens with one attached hydrogen (secondary N) is 1. The number of hydrogen-bond donors (Lipinski definition) is 1. The molecule has 5 nitrogen and oxygen atoms in total. The fourth-order valence-electron chi connectivity index (χ4n) is 2.51. The molecule has 26 heavy (non-hydrogen) atoms. The first-order chi connectivity index (χ1) is 12.4. The molecule has 3 amide bonds. The van der Waals surface area contributed by atoms with E-state index < -0.39 is 17.1 Å². The van der Waals surface area contributed by atoms with Gasteiger partial charge in [0.05, 0.1) is 4.91 Å². The molecule has 0 spiro atoms. The van der Waals surface area contributed by atoms with Crippen molar-refractivity contribution in [1.82, 2.24) is 4.90 Å². The first kappa shape index (κ1) is 17.9. The SMILES string of the molecule is Cc1ccc(NC(=O)CN2C(=O)S/C(=C/c3ccccc3C)C2=O)cc1. The molecular weight excluding hydrogens is 348 g/mol. The summed E-state index contributed by atoms with van der Waals surface area (Å²) >= 11 is 0.854. The predicted octanol–water partition coefficient (Wildman–Crippen LogP) is 3.98. The lowest BCUT2D eigenvalue weighted by Crippen LogP contribution is -2.36. The lowest BCUT2D eigenvalue weighted by molar-refractivity contribution is -0.127. The van der Waals surface area contributed by atoms with Crippen molar-refractivity contribution in [3.05, 3.63) is 70.1 Å². The Bertz CT molecular complexity index is 904. The number of rotatable bonds is 4. The second-order valence-corrected chi connectivity index (χ2v) is 7.03. The Morgan fingerprint density at radius 1 is 1.08 bits per heavy atom. The molecule has 1 saturated heterocycles. The summed E-state index contributed by atoms with van der Waals surface area (Å²) in [6.45, 7) is 3.58. The number of carbonyl (C=O) groups is 3. The maximum atomic E-state index is 12.5. The van der Waals surface area contributed by atoms with E-state index in [4.69, 9.17) is 0 Å². The molecule has 1 fully saturated rings. The molecule has 132 valence electrons. The number of thioether (sulfide) groups is 1. The Balaban J connectivity index is 1.70. The Labute approximate surface area is 156 Å². The van der Waals surface area contributed by atoms with Crippen LogP contribution in [-0.2, 0) is 9.59 Å². The third kappa shape index (κ3) is 4.03. The smallest absolute Gasteiger partial charge is 0.294 e. The fraction of sp³-hybridized carbons (Fsp3) is 0.150. The van der Waals surface area contributed by atoms with E-state index in [2.05, 4.69) is 5.32 Å². The minimum atomic E-state index is -0.442. The summed E-state index contributed by atoms with van der Waals surface area (Å²) in [5.41, 5.74) is 3.59. The van der Waals surface area contributed by atoms with Crippen LogP contribution < -0.4 is 5.32 Å². The van der Waals surface area contributed by atoms with Gasteiger partial charge in [-0.05, 0) is 54.9 Å². The van der Waals surface area contributed by atoms with Gasteiger partial charge in [0.15, 0.2) is 0 Å². The average Bonchev–Trinajstić information content (AvgIpc) is 2.86. The first-order valence-electron chi connectivity index (χ1n) is 8.11. The number of nitrogens with zero attached hydrogens (tertiary/aromatic N) is 1. The number of carbonyl (C=O) groups excluding carboxylic acids is 3. The molecule has 0 atom stereocenters. The van der Waals surface area contributed by atoms with Crippen molar-refractivity contribution in [2.45, 2.75) is 13.8 Å². The molecule has 0 radical (unpaired) electrons. The zero-order valence-electron chi connectivity index (χ0n) is 14.5. The second kappa shape index (κ2) is 7.58. The summed E-state index contributed by atoms with van der Waals surface area (Å²) in [5.74, 6) is -0.851. The van der Waals surface area contributed by atoms with Gasteiger partial charge in [-0.1, -0.05) is 42.0 Å². The van der Waals surface area contributed by atoms with Gasteiger partial charge in [0.25, 0.3) is 11.1 Å². The number of anilines is 1. The lowest BCUT2D eigenvalue weighted by Gasteiger charge is -2.12. The number of amides is 3. The van der Waals surface area contributed by atoms with Gasteiger partial charge in [0, 0.05) is 5.69 Å². The summed E-state index contributed by atoms with van der Waals surface area (Å²) in [7, 11) is 0. The highest BCUT2D eigenvalue weighted by Crippen LogP contribution is 2.32. The number of benzene rings is 2. The molecule has 1 heterocycles. The lowest BCUT2D eigenvalue weighted by atomic mass is 10.1. The molecule has 0 bridgehead atoms. The largest absolute Gasteiger partial charge is 0.325 e. The molecule has 1 N–H and O–H groups in total. The standard InChI is InChI=1S/C20H18N2O3S/c1-13-7-9-16(10-8-13)21-18(23)12-22-19(24)17(26-20(22)25)11-15-6-4-3-5-14(15)2/h3-11H,12H2,1-2H3,(H,21,23)/b17-11+. The van der Waals surface area contributed by atoms with Crippen LogP contribution in [0.1, 0.15) is 16.7 Å². The minimum absolute atomic E-state index is 0.302. The number of aryl methyl sites for hydroxylation is 2. The van der Waals surface area contributed by atoms with Crippen LogP contribution in [-0.4, -0.2) is 28.5 Å². The Morgan fingerprint density at radius 3 is 2.46 bits per heavy atom. The molecular formula is C20H18N2O3S. The van der Waals surface area contributed by atoms with Crippen molar-refractivity contribution in [3.8, 4) is 0 Å². The molecule has 0 unspecified atom stereocenters. The van der Waals surface area contributed by atoms with Crippen LogP contribution in [0, 0.1) is 13.8 Å². The molecule has 2 aromatic rings. The van der Waals surface area contributed by atoms with E-state index in [-0.39, 0.29) is 6.54 Å². The summed E-state index contributed by atoms with van der Waals surface area (Å²) in [6, 6.07) is 14.9. The van der Waals surface area contributed by atoms with E-state index in [1.54, 1.807) is 18.2 Å². The van der Waals surface area contributed by atoms with Crippen LogP contribution in [0.3, 0.4) is 0 Å². The predicted molar refractivity (Wildman–Crippen MR) is 104 cm³/mol. The highest BCUT2D eigenvalue weighted by molar-refractivity contribution is 8.18. The van der Waals surface area contributed by atoms with Gasteiger partial charge in [0.1, 0.15) is 6.54 Å². The molecule has 1 aliphatic heterocycles. The molecule has 0 aromatic heterocycles. The van der Waals surface area contributed by atoms with Crippen LogP contribution >= 0.6 is 11.8 Å². The van der Waals surface area contributed by atoms with Crippen molar-refractivity contribution in [3.63, 3.8) is 0 Å². The van der Waals surface area contributed by atoms with Crippen LogP contribution in [0.25, 0.3) is 6.08 Å². The third-order valence-corrected chi connectivity index (χ3v) is 4.89. The van der Waals surface area contributed by atoms with Crippen LogP contribution in [0.5, 0.6) is 0 Å². The Morgan fingerprint density at radius 2 is 1.77 bits per heavy atom. The van der Waals surface area contributed by atoms with Gasteiger partial charge in [-0.3, -0.25) is 19.3 Å². The second-order valence-electron chi connectivity index (χ2n) is 6.04. The van der Waals surface area contributed by atoms with Crippen molar-refractivity contribution in [2.24, 2.45) is 0 Å². The average molecular weight is 366 g/mol. The molecule has 2 aromatic carbocycles. The van der Waals surface area contributed by atoms with Gasteiger partial charge >= 0.3 is 0 Å². The number of hydrogen-bond acceptors (Lipinski definition) is 4. The summed E-state index contributed by atoms with van der Waals surface area (Å²) < 4.78 is 0. The van der Waals surface area contributed by atoms with E-state index in [0.717, 1.165) is 33.4 Å². The molecule has 3 rings (SSSR count). The van der Waals surface area contributed by atoms with Crippen LogP contribution in [0.4, 0.5) is 10.5 Å². The van der Waals surface area contributed by atoms with Crippen molar-refractivity contribution in [2.75, 3.05) is 11.9 Å². The number of imide groups is 1. The third-order valence-electron chi connectivity index (χ3n) is 3.99. The highest BCUT2D eigenvalue weighted by Gasteiger charge is 2.36. The maximum absolute atomic E-state index is 12.5. The monoisotopic (exact) mass is 366 g/mol. The zero-order valence-corrected chi connectivity index (χ0v) is 15.3. The van der Waals surface area contributed by atoms with Crippen molar-refractivity contribution >= 4 is 40.6 Å². The topological polar surface area (TPSA) is 66.5 Å². The van der Waals surface area contributed by atoms with Gasteiger partial charge in [-0.25, -0.2) is 0 Å². The summed E-state index contributed by atoms with van der Waals surface area (Å²) in [5, 5.41) is 2.26. The van der Waals surface area contributed by atoms with E-state index in [9.17, 15) is 14.4 Å². The van der Waals surface area contributed by atoms with Crippen molar-refractivity contribution < 1.29 is 14.4 Å². The Hall–Kier alpha value is -2.86. The summed E-state index contributed by atoms with van der Waals surface area (Å²) in [6.07, 6.45) is 1.69. The van der Waals surface area contributed by atoms with E-state index >= 15 is 0 Å². The molecule has 6 heteroatoms. The van der Waals surface area contributed by atoms with Crippen molar-refractivity contribution in [1.29, 1.82) is 0 Å². The normalized spacial score (nSPS) is 15.6. The van der Waals surface area contributed by atoms with Gasteiger partial charge in [-0.2, -0.15) is 0 Å². The van der Waals surface area contributed by atoms with Gasteiger partial charge in [0.2, 0.25) is 5.91 Å². The zero-order chi connectivity index (χ0) is 18.7. The Kier molecular flexibility index (Phi) is 5.23. The highest BCUT2D eigenvalue weighted by atomic mass is 32.2. The fourth-order valence-corrected chi connectivity index (χ4v) is 3.34. The molecule has 0 saturated carbocycles. The van der Waals surface area contributed by atoms with E-state index in [1.807, 2.05) is 50.2 Å². The van der Waals surface area contributed by atoms with E-state index in [1.165, 1.54) is 0 Å². The minimum Gasteiger partial charge on any atom is -0.325 e. The quantitative estimate of drug-likeness (QED) is 0.831. The van der Waals surface area contributed by atoms with Gasteiger partial charge < -0.3 is 5.32 Å². The first-order valence-corrected chi connectivity index (χ1v) is 8.93. The van der Waals surface area contributed by atoms with Crippen LogP contribution in [0.2, 0.25) is 0 Å². The maximum Gasteiger partial charge on any atom is 0.294 e. The van der Waals surface area contributed by atoms with E-state index in [0.29, 0.717) is 10.6 Å². The van der Waals surface area contributed by atoms with Gasteiger partial charge in [-0.15, -0.1) is 0 Å². The van der Waals surface area contributed by atoms with Crippen LogP contribution in [0.15, 0.2) is 53.4 Å². The molecule has 0 aliphatic carbocycles. The summed E-state index contributed by atoms with van der Waals surface area (Å²) in [4.78, 5) is 38.1. The molecule has 1 aliphatic rings.